The third kappa shape index (κ3) is 3.63. The molecule has 0 saturated carbocycles. The molecule has 1 rings (SSSR count). The summed E-state index contributed by atoms with van der Waals surface area (Å²) in [7, 11) is 0. The van der Waals surface area contributed by atoms with E-state index in [1.54, 1.807) is 19.1 Å². The molecule has 0 bridgehead atoms. The van der Waals surface area contributed by atoms with Gasteiger partial charge in [0, 0.05) is 11.0 Å². The number of halogens is 3. The van der Waals surface area contributed by atoms with E-state index in [0.717, 1.165) is 4.47 Å². The van der Waals surface area contributed by atoms with E-state index in [1.807, 2.05) is 0 Å². The number of anilines is 1. The SMILES string of the molecule is Cc1cc(Br)cc(NCC(O)CCl)c1F. The molecule has 1 atom stereocenters. The van der Waals surface area contributed by atoms with Gasteiger partial charge in [0.1, 0.15) is 5.82 Å². The van der Waals surface area contributed by atoms with Gasteiger partial charge in [-0.05, 0) is 24.6 Å². The Labute approximate surface area is 102 Å². The normalized spacial score (nSPS) is 12.6. The Morgan fingerprint density at radius 3 is 2.87 bits per heavy atom. The summed E-state index contributed by atoms with van der Waals surface area (Å²) in [5.41, 5.74) is 0.915. The minimum absolute atomic E-state index is 0.127. The van der Waals surface area contributed by atoms with Crippen molar-refractivity contribution in [3.05, 3.63) is 28.0 Å². The quantitative estimate of drug-likeness (QED) is 0.837. The van der Waals surface area contributed by atoms with Crippen LogP contribution in [0.1, 0.15) is 5.56 Å². The fraction of sp³-hybridized carbons (Fsp3) is 0.400. The topological polar surface area (TPSA) is 32.3 Å². The van der Waals surface area contributed by atoms with Crippen molar-refractivity contribution in [3.8, 4) is 0 Å². The second kappa shape index (κ2) is 5.68. The molecule has 0 radical (unpaired) electrons. The minimum Gasteiger partial charge on any atom is -0.390 e. The number of hydrogen-bond donors (Lipinski definition) is 2. The van der Waals surface area contributed by atoms with Gasteiger partial charge in [-0.15, -0.1) is 11.6 Å². The first-order valence-corrected chi connectivity index (χ1v) is 5.81. The number of alkyl halides is 1. The van der Waals surface area contributed by atoms with Crippen molar-refractivity contribution < 1.29 is 9.50 Å². The van der Waals surface area contributed by atoms with E-state index in [4.69, 9.17) is 11.6 Å². The molecule has 0 spiro atoms. The van der Waals surface area contributed by atoms with Crippen LogP contribution in [0, 0.1) is 12.7 Å². The van der Waals surface area contributed by atoms with E-state index in [1.165, 1.54) is 0 Å². The van der Waals surface area contributed by atoms with Crippen LogP contribution in [0.4, 0.5) is 10.1 Å². The highest BCUT2D eigenvalue weighted by molar-refractivity contribution is 9.10. The van der Waals surface area contributed by atoms with Gasteiger partial charge in [-0.3, -0.25) is 0 Å². The lowest BCUT2D eigenvalue weighted by Gasteiger charge is -2.12. The van der Waals surface area contributed by atoms with E-state index in [2.05, 4.69) is 21.2 Å². The summed E-state index contributed by atoms with van der Waals surface area (Å²) in [6, 6.07) is 3.32. The van der Waals surface area contributed by atoms with Crippen molar-refractivity contribution in [3.63, 3.8) is 0 Å². The molecule has 1 aromatic carbocycles. The summed E-state index contributed by atoms with van der Waals surface area (Å²) in [5.74, 6) is -0.179. The average Bonchev–Trinajstić information content (AvgIpc) is 2.20. The van der Waals surface area contributed by atoms with Crippen LogP contribution in [-0.2, 0) is 0 Å². The van der Waals surface area contributed by atoms with Gasteiger partial charge in [0.15, 0.2) is 0 Å². The van der Waals surface area contributed by atoms with Crippen LogP contribution in [0.15, 0.2) is 16.6 Å². The van der Waals surface area contributed by atoms with Crippen molar-refractivity contribution >= 4 is 33.2 Å². The molecule has 0 amide bonds. The van der Waals surface area contributed by atoms with Gasteiger partial charge in [-0.25, -0.2) is 4.39 Å². The Bertz CT molecular complexity index is 348. The third-order valence-electron chi connectivity index (χ3n) is 1.93. The van der Waals surface area contributed by atoms with Gasteiger partial charge in [-0.1, -0.05) is 15.9 Å². The molecule has 5 heteroatoms. The Kier molecular flexibility index (Phi) is 4.83. The standard InChI is InChI=1S/C10H12BrClFNO/c1-6-2-7(11)3-9(10(6)13)14-5-8(15)4-12/h2-3,8,14-15H,4-5H2,1H3. The van der Waals surface area contributed by atoms with Crippen LogP contribution in [-0.4, -0.2) is 23.6 Å². The van der Waals surface area contributed by atoms with E-state index in [9.17, 15) is 9.50 Å². The highest BCUT2D eigenvalue weighted by Crippen LogP contribution is 2.23. The Morgan fingerprint density at radius 1 is 1.60 bits per heavy atom. The number of rotatable bonds is 4. The molecular formula is C10H12BrClFNO. The number of aryl methyl sites for hydroxylation is 1. The van der Waals surface area contributed by atoms with Crippen molar-refractivity contribution in [1.82, 2.24) is 0 Å². The van der Waals surface area contributed by atoms with Crippen LogP contribution in [0.2, 0.25) is 0 Å². The smallest absolute Gasteiger partial charge is 0.149 e. The van der Waals surface area contributed by atoms with Crippen molar-refractivity contribution in [1.29, 1.82) is 0 Å². The summed E-state index contributed by atoms with van der Waals surface area (Å²) < 4.78 is 14.3. The first kappa shape index (κ1) is 12.7. The van der Waals surface area contributed by atoms with Gasteiger partial charge >= 0.3 is 0 Å². The van der Waals surface area contributed by atoms with Gasteiger partial charge in [0.2, 0.25) is 0 Å². The predicted octanol–water partition coefficient (Wildman–Crippen LogP) is 2.91. The van der Waals surface area contributed by atoms with Crippen LogP contribution < -0.4 is 5.32 Å². The zero-order valence-corrected chi connectivity index (χ0v) is 10.6. The van der Waals surface area contributed by atoms with Crippen LogP contribution in [0.25, 0.3) is 0 Å². The molecule has 2 N–H and O–H groups in total. The van der Waals surface area contributed by atoms with Gasteiger partial charge in [0.05, 0.1) is 17.7 Å². The molecule has 84 valence electrons. The van der Waals surface area contributed by atoms with E-state index < -0.39 is 6.10 Å². The Morgan fingerprint density at radius 2 is 2.27 bits per heavy atom. The van der Waals surface area contributed by atoms with Crippen molar-refractivity contribution in [2.24, 2.45) is 0 Å². The largest absolute Gasteiger partial charge is 0.390 e. The molecule has 0 fully saturated rings. The molecule has 0 heterocycles. The zero-order chi connectivity index (χ0) is 11.4. The molecule has 2 nitrogen and oxygen atoms in total. The zero-order valence-electron chi connectivity index (χ0n) is 8.23. The number of aliphatic hydroxyl groups is 1. The summed E-state index contributed by atoms with van der Waals surface area (Å²) in [6.45, 7) is 1.92. The van der Waals surface area contributed by atoms with E-state index in [0.29, 0.717) is 11.3 Å². The summed E-state index contributed by atoms with van der Waals surface area (Å²) >= 11 is 8.70. The lowest BCUT2D eigenvalue weighted by molar-refractivity contribution is 0.211. The van der Waals surface area contributed by atoms with E-state index >= 15 is 0 Å². The fourth-order valence-electron chi connectivity index (χ4n) is 1.14. The van der Waals surface area contributed by atoms with Crippen molar-refractivity contribution in [2.45, 2.75) is 13.0 Å². The first-order chi connectivity index (χ1) is 7.04. The number of benzene rings is 1. The lowest BCUT2D eigenvalue weighted by Crippen LogP contribution is -2.21. The second-order valence-corrected chi connectivity index (χ2v) is 4.50. The highest BCUT2D eigenvalue weighted by Gasteiger charge is 2.08. The molecule has 1 unspecified atom stereocenters. The average molecular weight is 297 g/mol. The minimum atomic E-state index is -0.676. The molecule has 15 heavy (non-hydrogen) atoms. The van der Waals surface area contributed by atoms with Gasteiger partial charge in [-0.2, -0.15) is 0 Å². The molecule has 1 aromatic rings. The van der Waals surface area contributed by atoms with Crippen LogP contribution in [0.5, 0.6) is 0 Å². The molecule has 0 aliphatic heterocycles. The summed E-state index contributed by atoms with van der Waals surface area (Å²) in [5, 5.41) is 12.0. The Hall–Kier alpha value is -0.320. The number of aliphatic hydroxyl groups excluding tert-OH is 1. The lowest BCUT2D eigenvalue weighted by atomic mass is 10.2. The van der Waals surface area contributed by atoms with Crippen LogP contribution >= 0.6 is 27.5 Å². The third-order valence-corrected chi connectivity index (χ3v) is 2.74. The maximum atomic E-state index is 13.5. The van der Waals surface area contributed by atoms with Gasteiger partial charge in [0.25, 0.3) is 0 Å². The van der Waals surface area contributed by atoms with E-state index in [-0.39, 0.29) is 18.2 Å². The molecule has 0 aliphatic carbocycles. The number of hydrogen-bond acceptors (Lipinski definition) is 2. The highest BCUT2D eigenvalue weighted by atomic mass is 79.9. The summed E-state index contributed by atoms with van der Waals surface area (Å²) in [4.78, 5) is 0. The molecule has 0 aliphatic rings. The maximum absolute atomic E-state index is 13.5. The Balaban J connectivity index is 2.76. The van der Waals surface area contributed by atoms with Crippen LogP contribution in [0.3, 0.4) is 0 Å². The predicted molar refractivity (Wildman–Crippen MR) is 64.1 cm³/mol. The molecule has 0 saturated heterocycles. The summed E-state index contributed by atoms with van der Waals surface area (Å²) in [6.07, 6.45) is -0.676. The fourth-order valence-corrected chi connectivity index (χ4v) is 1.82. The van der Waals surface area contributed by atoms with Crippen molar-refractivity contribution in [2.75, 3.05) is 17.7 Å². The molecular weight excluding hydrogens is 284 g/mol. The first-order valence-electron chi connectivity index (χ1n) is 4.48. The van der Waals surface area contributed by atoms with Gasteiger partial charge < -0.3 is 10.4 Å². The maximum Gasteiger partial charge on any atom is 0.149 e. The number of nitrogens with one attached hydrogen (secondary N) is 1. The monoisotopic (exact) mass is 295 g/mol. The molecule has 0 aromatic heterocycles. The second-order valence-electron chi connectivity index (χ2n) is 3.27.